The zero-order chi connectivity index (χ0) is 14.3. The van der Waals surface area contributed by atoms with Crippen LogP contribution in [-0.4, -0.2) is 10.1 Å². The van der Waals surface area contributed by atoms with E-state index in [1.807, 2.05) is 0 Å². The van der Waals surface area contributed by atoms with Crippen LogP contribution < -0.4 is 5.73 Å². The molecule has 3 rings (SSSR count). The molecule has 104 valence electrons. The van der Waals surface area contributed by atoms with Crippen LogP contribution in [-0.2, 0) is 12.7 Å². The van der Waals surface area contributed by atoms with Gasteiger partial charge in [-0.25, -0.2) is 0 Å². The number of benzene rings is 1. The minimum absolute atomic E-state index is 0.0964. The molecule has 2 N–H and O–H groups in total. The first-order valence-electron chi connectivity index (χ1n) is 5.61. The molecule has 0 saturated carbocycles. The van der Waals surface area contributed by atoms with Crippen LogP contribution in [0.15, 0.2) is 33.2 Å². The van der Waals surface area contributed by atoms with Crippen molar-refractivity contribution in [2.24, 2.45) is 5.73 Å². The van der Waals surface area contributed by atoms with Crippen molar-refractivity contribution in [2.45, 2.75) is 12.7 Å². The number of aromatic nitrogens is 2. The van der Waals surface area contributed by atoms with Gasteiger partial charge in [-0.15, -0.1) is 0 Å². The highest BCUT2D eigenvalue weighted by Gasteiger charge is 2.35. The normalized spacial score (nSPS) is 12.2. The summed E-state index contributed by atoms with van der Waals surface area (Å²) in [7, 11) is 0. The highest BCUT2D eigenvalue weighted by Crippen LogP contribution is 2.34. The van der Waals surface area contributed by atoms with Gasteiger partial charge < -0.3 is 14.7 Å². The van der Waals surface area contributed by atoms with E-state index >= 15 is 0 Å². The molecule has 8 heteroatoms. The molecule has 0 bridgehead atoms. The van der Waals surface area contributed by atoms with Crippen molar-refractivity contribution >= 4 is 11.0 Å². The Labute approximate surface area is 110 Å². The van der Waals surface area contributed by atoms with Crippen LogP contribution in [0.3, 0.4) is 0 Å². The smallest absolute Gasteiger partial charge is 0.449 e. The molecule has 5 nitrogen and oxygen atoms in total. The summed E-state index contributed by atoms with van der Waals surface area (Å²) in [6.45, 7) is 0.0964. The highest BCUT2D eigenvalue weighted by molar-refractivity contribution is 5.82. The second-order valence-electron chi connectivity index (χ2n) is 4.08. The average molecular weight is 283 g/mol. The SMILES string of the molecule is NCc1nc(-c2ccc3oc(C(F)(F)F)cc3c2)no1. The van der Waals surface area contributed by atoms with E-state index in [1.54, 1.807) is 6.07 Å². The van der Waals surface area contributed by atoms with Gasteiger partial charge in [0.15, 0.2) is 0 Å². The first kappa shape index (κ1) is 12.7. The number of hydrogen-bond donors (Lipinski definition) is 1. The number of halogens is 3. The lowest BCUT2D eigenvalue weighted by Crippen LogP contribution is -2.01. The fourth-order valence-electron chi connectivity index (χ4n) is 1.78. The third-order valence-electron chi connectivity index (χ3n) is 2.70. The quantitative estimate of drug-likeness (QED) is 0.782. The Morgan fingerprint density at radius 3 is 2.65 bits per heavy atom. The molecular weight excluding hydrogens is 275 g/mol. The summed E-state index contributed by atoms with van der Waals surface area (Å²) in [5, 5.41) is 4.01. The van der Waals surface area contributed by atoms with Gasteiger partial charge in [0.25, 0.3) is 0 Å². The van der Waals surface area contributed by atoms with E-state index in [-0.39, 0.29) is 23.8 Å². The standard InChI is InChI=1S/C12H8F3N3O2/c13-12(14,15)9-4-7-3-6(1-2-8(7)19-9)11-17-10(5-16)20-18-11/h1-4H,5,16H2. The predicted octanol–water partition coefficient (Wildman–Crippen LogP) is 2.96. The molecule has 0 amide bonds. The van der Waals surface area contributed by atoms with Crippen LogP contribution in [0.25, 0.3) is 22.4 Å². The number of alkyl halides is 3. The number of rotatable bonds is 2. The van der Waals surface area contributed by atoms with Gasteiger partial charge in [0.05, 0.1) is 6.54 Å². The maximum absolute atomic E-state index is 12.6. The number of nitrogens with zero attached hydrogens (tertiary/aromatic N) is 2. The molecule has 3 aromatic rings. The molecule has 0 aliphatic carbocycles. The van der Waals surface area contributed by atoms with Crippen LogP contribution in [0.1, 0.15) is 11.7 Å². The van der Waals surface area contributed by atoms with Crippen LogP contribution in [0.4, 0.5) is 13.2 Å². The lowest BCUT2D eigenvalue weighted by Gasteiger charge is -1.98. The van der Waals surface area contributed by atoms with Crippen molar-refractivity contribution in [1.29, 1.82) is 0 Å². The van der Waals surface area contributed by atoms with Crippen LogP contribution >= 0.6 is 0 Å². The molecule has 2 aromatic heterocycles. The van der Waals surface area contributed by atoms with Crippen LogP contribution in [0.2, 0.25) is 0 Å². The van der Waals surface area contributed by atoms with Crippen molar-refractivity contribution in [1.82, 2.24) is 10.1 Å². The Kier molecular flexibility index (Phi) is 2.75. The molecule has 0 spiro atoms. The molecule has 0 aliphatic rings. The Hall–Kier alpha value is -2.35. The monoisotopic (exact) mass is 283 g/mol. The van der Waals surface area contributed by atoms with E-state index in [0.717, 1.165) is 6.07 Å². The first-order chi connectivity index (χ1) is 9.47. The molecule has 0 radical (unpaired) electrons. The van der Waals surface area contributed by atoms with Gasteiger partial charge in [0.1, 0.15) is 5.58 Å². The number of hydrogen-bond acceptors (Lipinski definition) is 5. The molecular formula is C12H8F3N3O2. The van der Waals surface area contributed by atoms with Gasteiger partial charge in [-0.1, -0.05) is 5.16 Å². The van der Waals surface area contributed by atoms with Crippen LogP contribution in [0, 0.1) is 0 Å². The summed E-state index contributed by atoms with van der Waals surface area (Å²) in [4.78, 5) is 4.01. The Morgan fingerprint density at radius 2 is 2.00 bits per heavy atom. The third-order valence-corrected chi connectivity index (χ3v) is 2.70. The van der Waals surface area contributed by atoms with Crippen molar-refractivity contribution in [2.75, 3.05) is 0 Å². The number of furan rings is 1. The van der Waals surface area contributed by atoms with Gasteiger partial charge in [-0.3, -0.25) is 0 Å². The molecule has 0 atom stereocenters. The van der Waals surface area contributed by atoms with Crippen molar-refractivity contribution in [3.05, 3.63) is 35.9 Å². The Bertz CT molecular complexity index is 761. The molecule has 0 fully saturated rings. The fraction of sp³-hybridized carbons (Fsp3) is 0.167. The number of nitrogens with two attached hydrogens (primary N) is 1. The van der Waals surface area contributed by atoms with Crippen molar-refractivity contribution in [3.63, 3.8) is 0 Å². The fourth-order valence-corrected chi connectivity index (χ4v) is 1.78. The summed E-state index contributed by atoms with van der Waals surface area (Å²) in [6.07, 6.45) is -4.52. The van der Waals surface area contributed by atoms with Gasteiger partial charge in [0.2, 0.25) is 17.5 Å². The molecule has 20 heavy (non-hydrogen) atoms. The Balaban J connectivity index is 2.06. The zero-order valence-corrected chi connectivity index (χ0v) is 9.94. The third kappa shape index (κ3) is 2.14. The molecule has 0 unspecified atom stereocenters. The minimum atomic E-state index is -4.52. The summed E-state index contributed by atoms with van der Waals surface area (Å²) in [5.74, 6) is -0.522. The summed E-state index contributed by atoms with van der Waals surface area (Å²) < 4.78 is 47.2. The Morgan fingerprint density at radius 1 is 1.20 bits per heavy atom. The second kappa shape index (κ2) is 4.34. The summed E-state index contributed by atoms with van der Waals surface area (Å²) in [5.41, 5.74) is 6.01. The number of fused-ring (bicyclic) bond motifs is 1. The van der Waals surface area contributed by atoms with E-state index in [9.17, 15) is 13.2 Å². The molecule has 0 saturated heterocycles. The lowest BCUT2D eigenvalue weighted by atomic mass is 10.1. The summed E-state index contributed by atoms with van der Waals surface area (Å²) >= 11 is 0. The van der Waals surface area contributed by atoms with E-state index in [0.29, 0.717) is 10.9 Å². The van der Waals surface area contributed by atoms with E-state index in [2.05, 4.69) is 10.1 Å². The predicted molar refractivity (Wildman–Crippen MR) is 62.4 cm³/mol. The molecule has 2 heterocycles. The van der Waals surface area contributed by atoms with Gasteiger partial charge in [-0.2, -0.15) is 18.2 Å². The van der Waals surface area contributed by atoms with Crippen LogP contribution in [0.5, 0.6) is 0 Å². The largest absolute Gasteiger partial charge is 0.452 e. The van der Waals surface area contributed by atoms with Crippen molar-refractivity contribution < 1.29 is 22.1 Å². The minimum Gasteiger partial charge on any atom is -0.452 e. The first-order valence-corrected chi connectivity index (χ1v) is 5.61. The maximum atomic E-state index is 12.6. The topological polar surface area (TPSA) is 78.1 Å². The van der Waals surface area contributed by atoms with E-state index < -0.39 is 11.9 Å². The van der Waals surface area contributed by atoms with E-state index in [4.69, 9.17) is 14.7 Å². The van der Waals surface area contributed by atoms with Gasteiger partial charge in [0, 0.05) is 10.9 Å². The molecule has 1 aromatic carbocycles. The van der Waals surface area contributed by atoms with E-state index in [1.165, 1.54) is 12.1 Å². The average Bonchev–Trinajstić information content (AvgIpc) is 3.03. The second-order valence-corrected chi connectivity index (χ2v) is 4.08. The highest BCUT2D eigenvalue weighted by atomic mass is 19.4. The zero-order valence-electron chi connectivity index (χ0n) is 9.94. The molecule has 0 aliphatic heterocycles. The van der Waals surface area contributed by atoms with Crippen molar-refractivity contribution in [3.8, 4) is 11.4 Å². The lowest BCUT2D eigenvalue weighted by molar-refractivity contribution is -0.152. The van der Waals surface area contributed by atoms with Gasteiger partial charge >= 0.3 is 6.18 Å². The maximum Gasteiger partial charge on any atom is 0.449 e. The summed E-state index contributed by atoms with van der Waals surface area (Å²) in [6, 6.07) is 5.41. The van der Waals surface area contributed by atoms with Gasteiger partial charge in [-0.05, 0) is 24.3 Å².